The average molecular weight is 411 g/mol. The van der Waals surface area contributed by atoms with Gasteiger partial charge in [-0.2, -0.15) is 5.26 Å². The molecule has 0 radical (unpaired) electrons. The van der Waals surface area contributed by atoms with Gasteiger partial charge in [-0.1, -0.05) is 18.2 Å². The molecule has 8 heteroatoms. The predicted octanol–water partition coefficient (Wildman–Crippen LogP) is 2.92. The molecular weight excluding hydrogens is 390 g/mol. The summed E-state index contributed by atoms with van der Waals surface area (Å²) in [6, 6.07) is 15.4. The van der Waals surface area contributed by atoms with E-state index in [-0.39, 0.29) is 23.1 Å². The highest BCUT2D eigenvalue weighted by atomic mass is 32.2. The normalized spacial score (nSPS) is 11.1. The van der Waals surface area contributed by atoms with Crippen LogP contribution in [0.4, 0.5) is 5.69 Å². The number of anilines is 1. The first-order valence-corrected chi connectivity index (χ1v) is 9.74. The predicted molar refractivity (Wildman–Crippen MR) is 111 cm³/mol. The van der Waals surface area contributed by atoms with Crippen molar-refractivity contribution in [2.24, 2.45) is 0 Å². The zero-order valence-corrected chi connectivity index (χ0v) is 17.2. The van der Waals surface area contributed by atoms with Crippen LogP contribution >= 0.6 is 11.8 Å². The molecule has 0 aromatic heterocycles. The lowest BCUT2D eigenvalue weighted by Gasteiger charge is -2.18. The van der Waals surface area contributed by atoms with Gasteiger partial charge < -0.3 is 15.0 Å². The Morgan fingerprint density at radius 3 is 2.59 bits per heavy atom. The van der Waals surface area contributed by atoms with Crippen molar-refractivity contribution < 1.29 is 19.1 Å². The second-order valence-corrected chi connectivity index (χ2v) is 7.32. The minimum atomic E-state index is -0.911. The summed E-state index contributed by atoms with van der Waals surface area (Å²) < 4.78 is 5.25. The molecule has 2 rings (SSSR count). The van der Waals surface area contributed by atoms with E-state index in [0.717, 1.165) is 0 Å². The molecule has 0 bridgehead atoms. The number of rotatable bonds is 7. The molecule has 2 aromatic carbocycles. The van der Waals surface area contributed by atoms with Gasteiger partial charge in [0.25, 0.3) is 5.91 Å². The number of nitriles is 1. The molecule has 0 aliphatic carbocycles. The average Bonchev–Trinajstić information content (AvgIpc) is 2.71. The Bertz CT molecular complexity index is 953. The largest absolute Gasteiger partial charge is 0.449 e. The van der Waals surface area contributed by atoms with Crippen LogP contribution in [-0.2, 0) is 14.3 Å². The summed E-state index contributed by atoms with van der Waals surface area (Å²) in [5.41, 5.74) is 1.26. The number of carbonyl (C=O) groups excluding carboxylic acids is 3. The van der Waals surface area contributed by atoms with Gasteiger partial charge in [0, 0.05) is 24.7 Å². The quantitative estimate of drug-likeness (QED) is 0.555. The van der Waals surface area contributed by atoms with Gasteiger partial charge >= 0.3 is 5.97 Å². The van der Waals surface area contributed by atoms with Crippen LogP contribution in [0.1, 0.15) is 22.8 Å². The lowest BCUT2D eigenvalue weighted by atomic mass is 10.2. The van der Waals surface area contributed by atoms with Crippen LogP contribution in [0.25, 0.3) is 0 Å². The highest BCUT2D eigenvalue weighted by Crippen LogP contribution is 2.24. The minimum absolute atomic E-state index is 0.0628. The zero-order valence-electron chi connectivity index (χ0n) is 16.3. The molecular formula is C21H21N3O4S. The van der Waals surface area contributed by atoms with Crippen molar-refractivity contribution in [1.29, 1.82) is 5.26 Å². The second-order valence-electron chi connectivity index (χ2n) is 6.31. The zero-order chi connectivity index (χ0) is 21.4. The standard InChI is InChI=1S/C21H21N3O4S/c1-14(20(26)24(2)3)28-21(27)17-9-4-5-10-18(17)29-13-19(25)23-16-8-6-7-15(11-16)12-22/h4-11,14H,13H2,1-3H3,(H,23,25)/t14-/m0/s1. The molecule has 1 atom stereocenters. The van der Waals surface area contributed by atoms with Crippen LogP contribution in [0.2, 0.25) is 0 Å². The Morgan fingerprint density at radius 1 is 1.17 bits per heavy atom. The summed E-state index contributed by atoms with van der Waals surface area (Å²) in [5, 5.41) is 11.6. The molecule has 0 spiro atoms. The summed E-state index contributed by atoms with van der Waals surface area (Å²) in [5.74, 6) is -1.16. The van der Waals surface area contributed by atoms with E-state index in [4.69, 9.17) is 10.00 Å². The molecule has 0 aliphatic heterocycles. The lowest BCUT2D eigenvalue weighted by Crippen LogP contribution is -2.35. The monoisotopic (exact) mass is 411 g/mol. The maximum Gasteiger partial charge on any atom is 0.340 e. The van der Waals surface area contributed by atoms with Crippen LogP contribution < -0.4 is 5.32 Å². The van der Waals surface area contributed by atoms with Crippen LogP contribution in [0.15, 0.2) is 53.4 Å². The third-order valence-electron chi connectivity index (χ3n) is 3.81. The summed E-state index contributed by atoms with van der Waals surface area (Å²) >= 11 is 1.18. The van der Waals surface area contributed by atoms with E-state index in [2.05, 4.69) is 5.32 Å². The van der Waals surface area contributed by atoms with Crippen molar-refractivity contribution >= 4 is 35.2 Å². The minimum Gasteiger partial charge on any atom is -0.449 e. The number of amides is 2. The Hall–Kier alpha value is -3.31. The molecule has 0 saturated carbocycles. The van der Waals surface area contributed by atoms with Crippen molar-refractivity contribution in [3.05, 3.63) is 59.7 Å². The van der Waals surface area contributed by atoms with E-state index in [9.17, 15) is 14.4 Å². The SMILES string of the molecule is C[C@H](OC(=O)c1ccccc1SCC(=O)Nc1cccc(C#N)c1)C(=O)N(C)C. The molecule has 7 nitrogen and oxygen atoms in total. The number of ether oxygens (including phenoxy) is 1. The maximum atomic E-state index is 12.5. The fraction of sp³-hybridized carbons (Fsp3) is 0.238. The van der Waals surface area contributed by atoms with E-state index in [1.54, 1.807) is 62.6 Å². The van der Waals surface area contributed by atoms with Gasteiger partial charge in [-0.3, -0.25) is 9.59 Å². The van der Waals surface area contributed by atoms with Gasteiger partial charge in [-0.05, 0) is 37.3 Å². The Morgan fingerprint density at radius 2 is 1.90 bits per heavy atom. The molecule has 0 saturated heterocycles. The molecule has 0 aliphatic rings. The number of likely N-dealkylation sites (N-methyl/N-ethyl adjacent to an activating group) is 1. The van der Waals surface area contributed by atoms with E-state index in [1.807, 2.05) is 6.07 Å². The van der Waals surface area contributed by atoms with Crippen LogP contribution in [0.3, 0.4) is 0 Å². The van der Waals surface area contributed by atoms with Crippen molar-refractivity contribution in [2.75, 3.05) is 25.2 Å². The summed E-state index contributed by atoms with van der Waals surface area (Å²) in [7, 11) is 3.17. The fourth-order valence-corrected chi connectivity index (χ4v) is 3.25. The van der Waals surface area contributed by atoms with E-state index in [0.29, 0.717) is 16.1 Å². The molecule has 0 fully saturated rings. The number of nitrogens with one attached hydrogen (secondary N) is 1. The summed E-state index contributed by atoms with van der Waals surface area (Å²) in [4.78, 5) is 38.5. The number of hydrogen-bond donors (Lipinski definition) is 1. The highest BCUT2D eigenvalue weighted by molar-refractivity contribution is 8.00. The first-order chi connectivity index (χ1) is 13.8. The molecule has 0 unspecified atom stereocenters. The fourth-order valence-electron chi connectivity index (χ4n) is 2.41. The van der Waals surface area contributed by atoms with Gasteiger partial charge in [0.05, 0.1) is 22.9 Å². The highest BCUT2D eigenvalue weighted by Gasteiger charge is 2.22. The Balaban J connectivity index is 2.01. The van der Waals surface area contributed by atoms with E-state index < -0.39 is 12.1 Å². The first kappa shape index (κ1) is 22.0. The van der Waals surface area contributed by atoms with Crippen molar-refractivity contribution in [1.82, 2.24) is 4.90 Å². The number of esters is 1. The number of nitrogens with zero attached hydrogens (tertiary/aromatic N) is 2. The van der Waals surface area contributed by atoms with Crippen molar-refractivity contribution in [3.8, 4) is 6.07 Å². The number of benzene rings is 2. The third-order valence-corrected chi connectivity index (χ3v) is 4.89. The second kappa shape index (κ2) is 10.3. The number of thioether (sulfide) groups is 1. The van der Waals surface area contributed by atoms with Crippen LogP contribution in [0, 0.1) is 11.3 Å². The smallest absolute Gasteiger partial charge is 0.340 e. The molecule has 150 valence electrons. The molecule has 2 aromatic rings. The van der Waals surface area contributed by atoms with Crippen LogP contribution in [-0.4, -0.2) is 48.6 Å². The molecule has 1 N–H and O–H groups in total. The Kier molecular flexibility index (Phi) is 7.80. The van der Waals surface area contributed by atoms with Gasteiger partial charge in [0.2, 0.25) is 5.91 Å². The lowest BCUT2D eigenvalue weighted by molar-refractivity contribution is -0.137. The molecule has 2 amide bonds. The van der Waals surface area contributed by atoms with Crippen molar-refractivity contribution in [2.45, 2.75) is 17.9 Å². The summed E-state index contributed by atoms with van der Waals surface area (Å²) in [6.07, 6.45) is -0.911. The van der Waals surface area contributed by atoms with Gasteiger partial charge in [0.1, 0.15) is 0 Å². The topological polar surface area (TPSA) is 99.5 Å². The molecule has 0 heterocycles. The number of hydrogen-bond acceptors (Lipinski definition) is 6. The third kappa shape index (κ3) is 6.36. The first-order valence-electron chi connectivity index (χ1n) is 8.75. The maximum absolute atomic E-state index is 12.5. The molecule has 29 heavy (non-hydrogen) atoms. The van der Waals surface area contributed by atoms with E-state index >= 15 is 0 Å². The number of carbonyl (C=O) groups is 3. The van der Waals surface area contributed by atoms with Crippen LogP contribution in [0.5, 0.6) is 0 Å². The summed E-state index contributed by atoms with van der Waals surface area (Å²) in [6.45, 7) is 1.51. The van der Waals surface area contributed by atoms with Gasteiger partial charge in [-0.15, -0.1) is 11.8 Å². The van der Waals surface area contributed by atoms with Gasteiger partial charge in [-0.25, -0.2) is 4.79 Å². The Labute approximate surface area is 173 Å². The van der Waals surface area contributed by atoms with Gasteiger partial charge in [0.15, 0.2) is 6.10 Å². The van der Waals surface area contributed by atoms with E-state index in [1.165, 1.54) is 23.6 Å². The van der Waals surface area contributed by atoms with Crippen molar-refractivity contribution in [3.63, 3.8) is 0 Å².